The number of unbranched alkanes of at least 4 members (excludes halogenated alkanes) is 3. The third-order valence-corrected chi connectivity index (χ3v) is 3.40. The normalized spacial score (nSPS) is 10.5. The van der Waals surface area contributed by atoms with Crippen LogP contribution in [-0.4, -0.2) is 21.9 Å². The zero-order valence-corrected chi connectivity index (χ0v) is 12.5. The van der Waals surface area contributed by atoms with Crippen LogP contribution >= 0.6 is 0 Å². The van der Waals surface area contributed by atoms with Crippen LogP contribution in [0.15, 0.2) is 43.0 Å². The summed E-state index contributed by atoms with van der Waals surface area (Å²) in [6.07, 6.45) is 10.2. The van der Waals surface area contributed by atoms with E-state index in [1.807, 2.05) is 43.0 Å². The zero-order chi connectivity index (χ0) is 14.9. The number of ketones is 1. The Morgan fingerprint density at radius 2 is 1.90 bits per heavy atom. The van der Waals surface area contributed by atoms with Gasteiger partial charge in [0.15, 0.2) is 5.78 Å². The van der Waals surface area contributed by atoms with Crippen molar-refractivity contribution in [3.63, 3.8) is 0 Å². The summed E-state index contributed by atoms with van der Waals surface area (Å²) in [5.41, 5.74) is 0.724. The molecule has 21 heavy (non-hydrogen) atoms. The summed E-state index contributed by atoms with van der Waals surface area (Å²) in [4.78, 5) is 15.2. The second-order valence-corrected chi connectivity index (χ2v) is 5.14. The second-order valence-electron chi connectivity index (χ2n) is 5.14. The minimum Gasteiger partial charge on any atom is -0.494 e. The van der Waals surface area contributed by atoms with E-state index in [1.165, 1.54) is 19.3 Å². The predicted octanol–water partition coefficient (Wildman–Crippen LogP) is 3.73. The van der Waals surface area contributed by atoms with E-state index < -0.39 is 0 Å². The Kier molecular flexibility index (Phi) is 6.00. The van der Waals surface area contributed by atoms with Gasteiger partial charge in [-0.25, -0.2) is 4.98 Å². The monoisotopic (exact) mass is 286 g/mol. The Hall–Kier alpha value is -2.10. The van der Waals surface area contributed by atoms with Crippen molar-refractivity contribution in [3.05, 3.63) is 48.5 Å². The average molecular weight is 286 g/mol. The van der Waals surface area contributed by atoms with Gasteiger partial charge in [-0.1, -0.05) is 12.8 Å². The second kappa shape index (κ2) is 8.25. The standard InChI is InChI=1S/C17H22N2O2/c1-15(20)16-6-8-17(9-7-16)21-13-5-3-2-4-11-19-12-10-18-14-19/h6-10,12,14H,2-5,11,13H2,1H3. The smallest absolute Gasteiger partial charge is 0.159 e. The van der Waals surface area contributed by atoms with E-state index in [2.05, 4.69) is 9.55 Å². The van der Waals surface area contributed by atoms with Gasteiger partial charge in [-0.3, -0.25) is 4.79 Å². The number of benzene rings is 1. The van der Waals surface area contributed by atoms with Gasteiger partial charge in [0.2, 0.25) is 0 Å². The molecule has 0 bridgehead atoms. The summed E-state index contributed by atoms with van der Waals surface area (Å²) >= 11 is 0. The lowest BCUT2D eigenvalue weighted by Crippen LogP contribution is -1.99. The van der Waals surface area contributed by atoms with E-state index in [9.17, 15) is 4.79 Å². The Morgan fingerprint density at radius 3 is 2.57 bits per heavy atom. The number of nitrogens with zero attached hydrogens (tertiary/aromatic N) is 2. The molecule has 0 unspecified atom stereocenters. The van der Waals surface area contributed by atoms with Crippen molar-refractivity contribution in [2.24, 2.45) is 0 Å². The van der Waals surface area contributed by atoms with Crippen molar-refractivity contribution >= 4 is 5.78 Å². The van der Waals surface area contributed by atoms with Crippen molar-refractivity contribution in [1.82, 2.24) is 9.55 Å². The van der Waals surface area contributed by atoms with E-state index in [-0.39, 0.29) is 5.78 Å². The molecule has 0 aliphatic rings. The predicted molar refractivity (Wildman–Crippen MR) is 82.6 cm³/mol. The summed E-state index contributed by atoms with van der Waals surface area (Å²) in [5, 5.41) is 0. The van der Waals surface area contributed by atoms with Crippen LogP contribution in [0, 0.1) is 0 Å². The molecule has 0 atom stereocenters. The van der Waals surface area contributed by atoms with Crippen molar-refractivity contribution in [2.45, 2.75) is 39.2 Å². The molecule has 112 valence electrons. The van der Waals surface area contributed by atoms with Gasteiger partial charge in [0.1, 0.15) is 5.75 Å². The van der Waals surface area contributed by atoms with Crippen LogP contribution in [0.4, 0.5) is 0 Å². The third-order valence-electron chi connectivity index (χ3n) is 3.40. The summed E-state index contributed by atoms with van der Waals surface area (Å²) < 4.78 is 7.77. The molecule has 2 aromatic rings. The van der Waals surface area contributed by atoms with Crippen LogP contribution in [0.5, 0.6) is 5.75 Å². The van der Waals surface area contributed by atoms with Crippen LogP contribution in [0.2, 0.25) is 0 Å². The lowest BCUT2D eigenvalue weighted by Gasteiger charge is -2.07. The maximum absolute atomic E-state index is 11.2. The highest BCUT2D eigenvalue weighted by Crippen LogP contribution is 2.13. The van der Waals surface area contributed by atoms with E-state index in [0.29, 0.717) is 0 Å². The molecule has 0 spiro atoms. The first kappa shape index (κ1) is 15.3. The van der Waals surface area contributed by atoms with Crippen LogP contribution in [0.3, 0.4) is 0 Å². The topological polar surface area (TPSA) is 44.1 Å². The molecule has 1 aromatic heterocycles. The molecule has 0 saturated carbocycles. The SMILES string of the molecule is CC(=O)c1ccc(OCCCCCCn2ccnc2)cc1. The van der Waals surface area contributed by atoms with Gasteiger partial charge in [0.25, 0.3) is 0 Å². The van der Waals surface area contributed by atoms with E-state index >= 15 is 0 Å². The highest BCUT2D eigenvalue weighted by Gasteiger charge is 1.99. The summed E-state index contributed by atoms with van der Waals surface area (Å²) in [6.45, 7) is 3.33. The molecule has 0 fully saturated rings. The van der Waals surface area contributed by atoms with Gasteiger partial charge in [-0.15, -0.1) is 0 Å². The Labute approximate surface area is 125 Å². The van der Waals surface area contributed by atoms with Crippen LogP contribution in [0.25, 0.3) is 0 Å². The summed E-state index contributed by atoms with van der Waals surface area (Å²) in [5.74, 6) is 0.915. The number of aromatic nitrogens is 2. The molecule has 0 N–H and O–H groups in total. The first-order valence-electron chi connectivity index (χ1n) is 7.45. The van der Waals surface area contributed by atoms with Crippen molar-refractivity contribution < 1.29 is 9.53 Å². The summed E-state index contributed by atoms with van der Waals surface area (Å²) in [6, 6.07) is 7.33. The maximum atomic E-state index is 11.2. The molecule has 4 nitrogen and oxygen atoms in total. The largest absolute Gasteiger partial charge is 0.494 e. The highest BCUT2D eigenvalue weighted by molar-refractivity contribution is 5.94. The fourth-order valence-electron chi connectivity index (χ4n) is 2.14. The molecule has 4 heteroatoms. The number of carbonyl (C=O) groups excluding carboxylic acids is 1. The Bertz CT molecular complexity index is 532. The lowest BCUT2D eigenvalue weighted by atomic mass is 10.1. The van der Waals surface area contributed by atoms with Gasteiger partial charge >= 0.3 is 0 Å². The third kappa shape index (κ3) is 5.42. The number of ether oxygens (including phenoxy) is 1. The number of hydrogen-bond acceptors (Lipinski definition) is 3. The number of hydrogen-bond donors (Lipinski definition) is 0. The van der Waals surface area contributed by atoms with E-state index in [0.717, 1.165) is 30.9 Å². The van der Waals surface area contributed by atoms with Crippen LogP contribution in [0.1, 0.15) is 43.0 Å². The molecule has 2 rings (SSSR count). The van der Waals surface area contributed by atoms with Crippen LogP contribution in [-0.2, 0) is 6.54 Å². The molecule has 0 saturated heterocycles. The molecular formula is C17H22N2O2. The van der Waals surface area contributed by atoms with Crippen molar-refractivity contribution in [2.75, 3.05) is 6.61 Å². The first-order valence-corrected chi connectivity index (χ1v) is 7.45. The van der Waals surface area contributed by atoms with Crippen molar-refractivity contribution in [1.29, 1.82) is 0 Å². The molecule has 0 amide bonds. The number of aryl methyl sites for hydroxylation is 1. The quantitative estimate of drug-likeness (QED) is 0.521. The van der Waals surface area contributed by atoms with Gasteiger partial charge in [-0.05, 0) is 44.0 Å². The minimum absolute atomic E-state index is 0.0828. The van der Waals surface area contributed by atoms with Gasteiger partial charge in [0, 0.05) is 24.5 Å². The molecule has 1 aromatic carbocycles. The van der Waals surface area contributed by atoms with Gasteiger partial charge in [-0.2, -0.15) is 0 Å². The van der Waals surface area contributed by atoms with E-state index in [1.54, 1.807) is 6.92 Å². The Balaban J connectivity index is 1.54. The number of Topliss-reactive ketones (excluding diaryl/α,β-unsaturated/α-hetero) is 1. The fourth-order valence-corrected chi connectivity index (χ4v) is 2.14. The highest BCUT2D eigenvalue weighted by atomic mass is 16.5. The molecule has 0 aliphatic carbocycles. The number of carbonyl (C=O) groups is 1. The molecule has 0 aliphatic heterocycles. The number of imidazole rings is 1. The molecule has 1 heterocycles. The van der Waals surface area contributed by atoms with Gasteiger partial charge in [0.05, 0.1) is 12.9 Å². The Morgan fingerprint density at radius 1 is 1.14 bits per heavy atom. The summed E-state index contributed by atoms with van der Waals surface area (Å²) in [7, 11) is 0. The molecular weight excluding hydrogens is 264 g/mol. The first-order chi connectivity index (χ1) is 10.3. The number of rotatable bonds is 9. The fraction of sp³-hybridized carbons (Fsp3) is 0.412. The minimum atomic E-state index is 0.0828. The van der Waals surface area contributed by atoms with Crippen LogP contribution < -0.4 is 4.74 Å². The van der Waals surface area contributed by atoms with E-state index in [4.69, 9.17) is 4.74 Å². The van der Waals surface area contributed by atoms with Gasteiger partial charge < -0.3 is 9.30 Å². The van der Waals surface area contributed by atoms with Crippen molar-refractivity contribution in [3.8, 4) is 5.75 Å². The zero-order valence-electron chi connectivity index (χ0n) is 12.5. The average Bonchev–Trinajstić information content (AvgIpc) is 3.00. The lowest BCUT2D eigenvalue weighted by molar-refractivity contribution is 0.101. The molecule has 0 radical (unpaired) electrons. The maximum Gasteiger partial charge on any atom is 0.159 e.